The largest absolute Gasteiger partial charge is 0.372 e. The first-order chi connectivity index (χ1) is 9.86. The van der Waals surface area contributed by atoms with Crippen molar-refractivity contribution in [3.05, 3.63) is 60.2 Å². The Balaban J connectivity index is 2.33. The number of benzene rings is 1. The maximum atomic E-state index is 5.98. The molecule has 0 aliphatic carbocycles. The number of ether oxygens (including phenoxy) is 1. The first-order valence-electron chi connectivity index (χ1n) is 7.01. The fraction of sp³-hybridized carbons (Fsp3) is 0.375. The van der Waals surface area contributed by atoms with Gasteiger partial charge in [0.1, 0.15) is 12.4 Å². The van der Waals surface area contributed by atoms with Gasteiger partial charge >= 0.3 is 0 Å². The van der Waals surface area contributed by atoms with Crippen molar-refractivity contribution in [3.8, 4) is 0 Å². The lowest BCUT2D eigenvalue weighted by Gasteiger charge is -2.28. The van der Waals surface area contributed by atoms with Crippen LogP contribution in [0.2, 0.25) is 0 Å². The monoisotopic (exact) mass is 271 g/mol. The van der Waals surface area contributed by atoms with E-state index in [1.54, 1.807) is 6.33 Å². The normalized spacial score (nSPS) is 13.9. The average Bonchev–Trinajstić information content (AvgIpc) is 2.52. The van der Waals surface area contributed by atoms with Gasteiger partial charge in [-0.3, -0.25) is 0 Å². The van der Waals surface area contributed by atoms with Gasteiger partial charge in [-0.05, 0) is 19.0 Å². The van der Waals surface area contributed by atoms with E-state index in [2.05, 4.69) is 34.3 Å². The zero-order valence-electron chi connectivity index (χ0n) is 12.0. The molecular weight excluding hydrogens is 250 g/mol. The van der Waals surface area contributed by atoms with Crippen LogP contribution >= 0.6 is 0 Å². The van der Waals surface area contributed by atoms with Crippen LogP contribution in [0.3, 0.4) is 0 Å². The van der Waals surface area contributed by atoms with Gasteiger partial charge in [0, 0.05) is 24.6 Å². The third-order valence-corrected chi connectivity index (χ3v) is 3.14. The smallest absolute Gasteiger partial charge is 0.115 e. The summed E-state index contributed by atoms with van der Waals surface area (Å²) < 4.78 is 5.98. The molecule has 1 aromatic carbocycles. The van der Waals surface area contributed by atoms with Gasteiger partial charge in [0.25, 0.3) is 0 Å². The molecule has 1 heterocycles. The van der Waals surface area contributed by atoms with Gasteiger partial charge < -0.3 is 10.1 Å². The Kier molecular flexibility index (Phi) is 5.65. The van der Waals surface area contributed by atoms with Gasteiger partial charge in [0.15, 0.2) is 0 Å². The first kappa shape index (κ1) is 14.6. The third-order valence-electron chi connectivity index (χ3n) is 3.14. The minimum Gasteiger partial charge on any atom is -0.372 e. The Bertz CT molecular complexity index is 442. The molecule has 2 aromatic rings. The summed E-state index contributed by atoms with van der Waals surface area (Å²) in [6.45, 7) is 5.62. The van der Waals surface area contributed by atoms with Gasteiger partial charge in [0.2, 0.25) is 0 Å². The fourth-order valence-corrected chi connectivity index (χ4v) is 2.30. The lowest BCUT2D eigenvalue weighted by atomic mass is 9.97. The number of nitrogens with one attached hydrogen (secondary N) is 1. The standard InChI is InChI=1S/C16H21N3O/c1-3-19-15(14-10-17-12-18-11-14)16(20-4-2)13-8-6-5-7-9-13/h5-12,15-16,19H,3-4H2,1-2H3. The predicted octanol–water partition coefficient (Wildman–Crippen LogP) is 2.91. The molecule has 20 heavy (non-hydrogen) atoms. The number of hydrogen-bond donors (Lipinski definition) is 1. The Morgan fingerprint density at radius 3 is 2.35 bits per heavy atom. The van der Waals surface area contributed by atoms with Crippen LogP contribution in [0.5, 0.6) is 0 Å². The minimum atomic E-state index is -0.0489. The molecule has 1 N–H and O–H groups in total. The van der Waals surface area contributed by atoms with E-state index >= 15 is 0 Å². The average molecular weight is 271 g/mol. The lowest BCUT2D eigenvalue weighted by Crippen LogP contribution is -2.29. The van der Waals surface area contributed by atoms with Gasteiger partial charge in [-0.15, -0.1) is 0 Å². The number of nitrogens with zero attached hydrogens (tertiary/aromatic N) is 2. The summed E-state index contributed by atoms with van der Waals surface area (Å²) in [6.07, 6.45) is 5.18. The Hall–Kier alpha value is -1.78. The van der Waals surface area contributed by atoms with Crippen molar-refractivity contribution >= 4 is 0 Å². The molecule has 0 saturated carbocycles. The second-order valence-electron chi connectivity index (χ2n) is 4.49. The zero-order chi connectivity index (χ0) is 14.2. The zero-order valence-corrected chi connectivity index (χ0v) is 12.0. The van der Waals surface area contributed by atoms with E-state index in [0.717, 1.165) is 17.7 Å². The Labute approximate surface area is 120 Å². The van der Waals surface area contributed by atoms with E-state index in [9.17, 15) is 0 Å². The topological polar surface area (TPSA) is 47.0 Å². The SMILES string of the molecule is CCNC(c1cncnc1)C(OCC)c1ccccc1. The predicted molar refractivity (Wildman–Crippen MR) is 79.3 cm³/mol. The highest BCUT2D eigenvalue weighted by molar-refractivity contribution is 5.23. The number of hydrogen-bond acceptors (Lipinski definition) is 4. The van der Waals surface area contributed by atoms with Gasteiger partial charge in [-0.25, -0.2) is 9.97 Å². The quantitative estimate of drug-likeness (QED) is 0.841. The minimum absolute atomic E-state index is 0.0450. The molecule has 0 fully saturated rings. The van der Waals surface area contributed by atoms with Crippen LogP contribution in [0.1, 0.15) is 37.1 Å². The second kappa shape index (κ2) is 7.72. The lowest BCUT2D eigenvalue weighted by molar-refractivity contribution is 0.0329. The van der Waals surface area contributed by atoms with Crippen LogP contribution < -0.4 is 5.32 Å². The summed E-state index contributed by atoms with van der Waals surface area (Å²) in [5.74, 6) is 0. The number of likely N-dealkylation sites (N-methyl/N-ethyl adjacent to an activating group) is 1. The van der Waals surface area contributed by atoms with Crippen LogP contribution in [0.25, 0.3) is 0 Å². The van der Waals surface area contributed by atoms with Crippen LogP contribution in [0.15, 0.2) is 49.1 Å². The Morgan fingerprint density at radius 1 is 1.05 bits per heavy atom. The molecule has 2 unspecified atom stereocenters. The van der Waals surface area contributed by atoms with Crippen LogP contribution in [0, 0.1) is 0 Å². The maximum absolute atomic E-state index is 5.98. The molecule has 2 rings (SSSR count). The Morgan fingerprint density at radius 2 is 1.75 bits per heavy atom. The molecule has 0 radical (unpaired) electrons. The van der Waals surface area contributed by atoms with Crippen molar-refractivity contribution in [2.75, 3.05) is 13.2 Å². The summed E-state index contributed by atoms with van der Waals surface area (Å²) in [7, 11) is 0. The van der Waals surface area contributed by atoms with Crippen LogP contribution in [-0.4, -0.2) is 23.1 Å². The van der Waals surface area contributed by atoms with Gasteiger partial charge in [0.05, 0.1) is 6.04 Å². The summed E-state index contributed by atoms with van der Waals surface area (Å²) in [5.41, 5.74) is 2.20. The molecule has 0 aliphatic rings. The van der Waals surface area contributed by atoms with E-state index in [1.165, 1.54) is 0 Å². The molecular formula is C16H21N3O. The van der Waals surface area contributed by atoms with E-state index < -0.39 is 0 Å². The summed E-state index contributed by atoms with van der Waals surface area (Å²) in [5, 5.41) is 3.48. The molecule has 0 saturated heterocycles. The van der Waals surface area contributed by atoms with Gasteiger partial charge in [-0.2, -0.15) is 0 Å². The van der Waals surface area contributed by atoms with E-state index in [-0.39, 0.29) is 12.1 Å². The fourth-order valence-electron chi connectivity index (χ4n) is 2.30. The summed E-state index contributed by atoms with van der Waals surface area (Å²) in [6, 6.07) is 10.3. The molecule has 106 valence electrons. The molecule has 0 bridgehead atoms. The maximum Gasteiger partial charge on any atom is 0.115 e. The van der Waals surface area contributed by atoms with Crippen LogP contribution in [-0.2, 0) is 4.74 Å². The summed E-state index contributed by atoms with van der Waals surface area (Å²) >= 11 is 0. The highest BCUT2D eigenvalue weighted by Gasteiger charge is 2.24. The third kappa shape index (κ3) is 3.62. The highest BCUT2D eigenvalue weighted by Crippen LogP contribution is 2.31. The first-order valence-corrected chi connectivity index (χ1v) is 7.01. The molecule has 0 aliphatic heterocycles. The van der Waals surface area contributed by atoms with E-state index in [4.69, 9.17) is 4.74 Å². The molecule has 0 amide bonds. The number of rotatable bonds is 7. The van der Waals surface area contributed by atoms with Crippen molar-refractivity contribution in [1.29, 1.82) is 0 Å². The molecule has 4 heteroatoms. The molecule has 2 atom stereocenters. The number of aromatic nitrogens is 2. The summed E-state index contributed by atoms with van der Waals surface area (Å²) in [4.78, 5) is 8.23. The van der Waals surface area contributed by atoms with E-state index in [1.807, 2.05) is 37.5 Å². The van der Waals surface area contributed by atoms with Crippen molar-refractivity contribution in [1.82, 2.24) is 15.3 Å². The van der Waals surface area contributed by atoms with Crippen molar-refractivity contribution in [2.24, 2.45) is 0 Å². The highest BCUT2D eigenvalue weighted by atomic mass is 16.5. The molecule has 4 nitrogen and oxygen atoms in total. The van der Waals surface area contributed by atoms with E-state index in [0.29, 0.717) is 6.61 Å². The van der Waals surface area contributed by atoms with Crippen molar-refractivity contribution < 1.29 is 4.74 Å². The van der Waals surface area contributed by atoms with Crippen molar-refractivity contribution in [3.63, 3.8) is 0 Å². The van der Waals surface area contributed by atoms with Gasteiger partial charge in [-0.1, -0.05) is 37.3 Å². The van der Waals surface area contributed by atoms with Crippen LogP contribution in [0.4, 0.5) is 0 Å². The molecule has 0 spiro atoms. The molecule has 1 aromatic heterocycles. The second-order valence-corrected chi connectivity index (χ2v) is 4.49. The van der Waals surface area contributed by atoms with Crippen molar-refractivity contribution in [2.45, 2.75) is 26.0 Å².